The number of hydrogen-bond donors (Lipinski definition) is 1. The fraction of sp³-hybridized carbons (Fsp3) is 0.375. The SMILES string of the molecule is CC(C(=O)O)N(Cc1ccc(-n2ccnc2)cc1)C1CC1. The van der Waals surface area contributed by atoms with Crippen LogP contribution in [-0.4, -0.2) is 37.6 Å². The zero-order valence-electron chi connectivity index (χ0n) is 12.0. The van der Waals surface area contributed by atoms with Crippen LogP contribution in [0.2, 0.25) is 0 Å². The van der Waals surface area contributed by atoms with Gasteiger partial charge in [-0.1, -0.05) is 12.1 Å². The summed E-state index contributed by atoms with van der Waals surface area (Å²) in [6.07, 6.45) is 7.61. The molecule has 21 heavy (non-hydrogen) atoms. The van der Waals surface area contributed by atoms with Crippen LogP contribution in [0.25, 0.3) is 5.69 Å². The molecule has 1 aliphatic carbocycles. The van der Waals surface area contributed by atoms with Crippen LogP contribution in [0.3, 0.4) is 0 Å². The predicted octanol–water partition coefficient (Wildman–Crippen LogP) is 2.31. The highest BCUT2D eigenvalue weighted by atomic mass is 16.4. The molecule has 0 radical (unpaired) electrons. The fourth-order valence-corrected chi connectivity index (χ4v) is 2.53. The molecule has 1 aliphatic rings. The Morgan fingerprint density at radius 3 is 2.67 bits per heavy atom. The summed E-state index contributed by atoms with van der Waals surface area (Å²) in [5, 5.41) is 9.22. The first-order valence-electron chi connectivity index (χ1n) is 7.21. The second kappa shape index (κ2) is 5.69. The number of carbonyl (C=O) groups is 1. The lowest BCUT2D eigenvalue weighted by molar-refractivity contribution is -0.143. The number of nitrogens with zero attached hydrogens (tertiary/aromatic N) is 3. The van der Waals surface area contributed by atoms with Gasteiger partial charge in [-0.15, -0.1) is 0 Å². The summed E-state index contributed by atoms with van der Waals surface area (Å²) >= 11 is 0. The molecule has 5 heteroatoms. The van der Waals surface area contributed by atoms with Crippen LogP contribution >= 0.6 is 0 Å². The summed E-state index contributed by atoms with van der Waals surface area (Å²) in [7, 11) is 0. The molecule has 2 aromatic rings. The first-order chi connectivity index (χ1) is 10.1. The van der Waals surface area contributed by atoms with Gasteiger partial charge < -0.3 is 9.67 Å². The van der Waals surface area contributed by atoms with Crippen molar-refractivity contribution < 1.29 is 9.90 Å². The van der Waals surface area contributed by atoms with Crippen molar-refractivity contribution in [1.82, 2.24) is 14.5 Å². The second-order valence-electron chi connectivity index (χ2n) is 5.55. The van der Waals surface area contributed by atoms with Crippen molar-refractivity contribution in [1.29, 1.82) is 0 Å². The van der Waals surface area contributed by atoms with Crippen LogP contribution in [0.15, 0.2) is 43.0 Å². The van der Waals surface area contributed by atoms with Crippen molar-refractivity contribution in [2.75, 3.05) is 0 Å². The van der Waals surface area contributed by atoms with Gasteiger partial charge in [0.25, 0.3) is 0 Å². The van der Waals surface area contributed by atoms with Gasteiger partial charge in [-0.2, -0.15) is 0 Å². The molecule has 110 valence electrons. The maximum absolute atomic E-state index is 11.2. The number of benzene rings is 1. The number of aliphatic carboxylic acids is 1. The van der Waals surface area contributed by atoms with E-state index in [0.717, 1.165) is 24.1 Å². The van der Waals surface area contributed by atoms with Crippen LogP contribution in [0.4, 0.5) is 0 Å². The van der Waals surface area contributed by atoms with E-state index in [-0.39, 0.29) is 0 Å². The van der Waals surface area contributed by atoms with Crippen molar-refractivity contribution in [2.24, 2.45) is 0 Å². The van der Waals surface area contributed by atoms with E-state index >= 15 is 0 Å². The summed E-state index contributed by atoms with van der Waals surface area (Å²) in [4.78, 5) is 17.3. The molecule has 1 fully saturated rings. The zero-order chi connectivity index (χ0) is 14.8. The lowest BCUT2D eigenvalue weighted by Crippen LogP contribution is -2.39. The first-order valence-corrected chi connectivity index (χ1v) is 7.21. The minimum absolute atomic E-state index is 0.421. The lowest BCUT2D eigenvalue weighted by atomic mass is 10.1. The molecule has 1 N–H and O–H groups in total. The number of imidazole rings is 1. The Hall–Kier alpha value is -2.14. The largest absolute Gasteiger partial charge is 0.480 e. The standard InChI is InChI=1S/C16H19N3O2/c1-12(16(20)21)19(15-6-7-15)10-13-2-4-14(5-3-13)18-9-8-17-11-18/h2-5,8-9,11-12,15H,6-7,10H2,1H3,(H,20,21). The Kier molecular flexibility index (Phi) is 3.75. The Labute approximate surface area is 123 Å². The molecule has 5 nitrogen and oxygen atoms in total. The number of aromatic nitrogens is 2. The molecule has 1 atom stereocenters. The fourth-order valence-electron chi connectivity index (χ4n) is 2.53. The average Bonchev–Trinajstić information content (AvgIpc) is 3.18. The molecule has 0 spiro atoms. The molecule has 0 saturated heterocycles. The van der Waals surface area contributed by atoms with Crippen molar-refractivity contribution in [3.63, 3.8) is 0 Å². The summed E-state index contributed by atoms with van der Waals surface area (Å²) in [6, 6.07) is 8.16. The van der Waals surface area contributed by atoms with E-state index in [0.29, 0.717) is 12.6 Å². The third-order valence-corrected chi connectivity index (χ3v) is 3.97. The van der Waals surface area contributed by atoms with Crippen LogP contribution in [-0.2, 0) is 11.3 Å². The minimum Gasteiger partial charge on any atom is -0.480 e. The normalized spacial score (nSPS) is 16.1. The van der Waals surface area contributed by atoms with E-state index in [1.165, 1.54) is 0 Å². The summed E-state index contributed by atoms with van der Waals surface area (Å²) in [5.74, 6) is -0.753. The van der Waals surface area contributed by atoms with Crippen LogP contribution in [0, 0.1) is 0 Å². The minimum atomic E-state index is -0.753. The molecular formula is C16H19N3O2. The van der Waals surface area contributed by atoms with Gasteiger partial charge in [0.1, 0.15) is 6.04 Å². The molecule has 0 bridgehead atoms. The number of rotatable bonds is 6. The Morgan fingerprint density at radius 2 is 2.14 bits per heavy atom. The summed E-state index contributed by atoms with van der Waals surface area (Å²) in [6.45, 7) is 2.45. The van der Waals surface area contributed by atoms with Crippen molar-refractivity contribution in [3.8, 4) is 5.69 Å². The van der Waals surface area contributed by atoms with Gasteiger partial charge in [0.05, 0.1) is 6.33 Å². The Morgan fingerprint density at radius 1 is 1.43 bits per heavy atom. The van der Waals surface area contributed by atoms with Gasteiger partial charge in [0.15, 0.2) is 0 Å². The lowest BCUT2D eigenvalue weighted by Gasteiger charge is -2.26. The molecule has 1 aromatic heterocycles. The van der Waals surface area contributed by atoms with E-state index in [4.69, 9.17) is 0 Å². The molecular weight excluding hydrogens is 266 g/mol. The molecule has 1 heterocycles. The maximum Gasteiger partial charge on any atom is 0.320 e. The van der Waals surface area contributed by atoms with Gasteiger partial charge in [0.2, 0.25) is 0 Å². The first kappa shape index (κ1) is 13.8. The Balaban J connectivity index is 1.73. The van der Waals surface area contributed by atoms with Crippen molar-refractivity contribution in [2.45, 2.75) is 38.4 Å². The molecule has 0 aliphatic heterocycles. The van der Waals surface area contributed by atoms with Crippen LogP contribution < -0.4 is 0 Å². The summed E-state index contributed by atoms with van der Waals surface area (Å²) < 4.78 is 1.95. The highest BCUT2D eigenvalue weighted by Crippen LogP contribution is 2.30. The van der Waals surface area contributed by atoms with Crippen LogP contribution in [0.5, 0.6) is 0 Å². The van der Waals surface area contributed by atoms with Gasteiger partial charge in [0, 0.05) is 30.7 Å². The van der Waals surface area contributed by atoms with Gasteiger partial charge in [-0.05, 0) is 37.5 Å². The number of carboxylic acids is 1. The molecule has 1 unspecified atom stereocenters. The molecule has 3 rings (SSSR count). The van der Waals surface area contributed by atoms with Gasteiger partial charge in [-0.3, -0.25) is 9.69 Å². The average molecular weight is 285 g/mol. The number of hydrogen-bond acceptors (Lipinski definition) is 3. The topological polar surface area (TPSA) is 58.4 Å². The van der Waals surface area contributed by atoms with E-state index < -0.39 is 12.0 Å². The van der Waals surface area contributed by atoms with Gasteiger partial charge >= 0.3 is 5.97 Å². The highest BCUT2D eigenvalue weighted by Gasteiger charge is 2.34. The van der Waals surface area contributed by atoms with E-state index in [9.17, 15) is 9.90 Å². The van der Waals surface area contributed by atoms with Crippen LogP contribution in [0.1, 0.15) is 25.3 Å². The quantitative estimate of drug-likeness (QED) is 0.885. The number of carboxylic acid groups (broad SMARTS) is 1. The van der Waals surface area contributed by atoms with Crippen molar-refractivity contribution >= 4 is 5.97 Å². The smallest absolute Gasteiger partial charge is 0.320 e. The van der Waals surface area contributed by atoms with E-state index in [2.05, 4.69) is 22.0 Å². The van der Waals surface area contributed by atoms with E-state index in [1.807, 2.05) is 22.9 Å². The predicted molar refractivity (Wildman–Crippen MR) is 79.2 cm³/mol. The summed E-state index contributed by atoms with van der Waals surface area (Å²) in [5.41, 5.74) is 2.19. The molecule has 1 aromatic carbocycles. The second-order valence-corrected chi connectivity index (χ2v) is 5.55. The molecule has 0 amide bonds. The van der Waals surface area contributed by atoms with Gasteiger partial charge in [-0.25, -0.2) is 4.98 Å². The third-order valence-electron chi connectivity index (χ3n) is 3.97. The monoisotopic (exact) mass is 285 g/mol. The Bertz CT molecular complexity index is 603. The highest BCUT2D eigenvalue weighted by molar-refractivity contribution is 5.73. The van der Waals surface area contributed by atoms with E-state index in [1.54, 1.807) is 19.4 Å². The molecule has 1 saturated carbocycles. The maximum atomic E-state index is 11.2. The van der Waals surface area contributed by atoms with Crippen molar-refractivity contribution in [3.05, 3.63) is 48.5 Å². The third kappa shape index (κ3) is 3.13. The zero-order valence-corrected chi connectivity index (χ0v) is 12.0.